The fourth-order valence-corrected chi connectivity index (χ4v) is 5.94. The van der Waals surface area contributed by atoms with Crippen LogP contribution in [0.5, 0.6) is 0 Å². The Morgan fingerprint density at radius 1 is 1.03 bits per heavy atom. The van der Waals surface area contributed by atoms with Crippen LogP contribution in [0.3, 0.4) is 0 Å². The Morgan fingerprint density at radius 2 is 1.84 bits per heavy atom. The second-order valence-corrected chi connectivity index (χ2v) is 10.7. The van der Waals surface area contributed by atoms with Crippen molar-refractivity contribution in [1.82, 2.24) is 34.7 Å². The molecular formula is C29H36ClN7O. The number of hydrogen-bond acceptors (Lipinski definition) is 5. The van der Waals surface area contributed by atoms with Crippen LogP contribution < -0.4 is 5.69 Å². The number of nitrogens with one attached hydrogen (secondary N) is 1. The van der Waals surface area contributed by atoms with Gasteiger partial charge in [0.05, 0.1) is 17.9 Å². The molecule has 0 unspecified atom stereocenters. The molecule has 5 rings (SSSR count). The van der Waals surface area contributed by atoms with E-state index in [0.717, 1.165) is 60.2 Å². The Hall–Kier alpha value is -3.26. The van der Waals surface area contributed by atoms with Crippen LogP contribution in [0.15, 0.2) is 47.4 Å². The van der Waals surface area contributed by atoms with E-state index in [2.05, 4.69) is 27.5 Å². The van der Waals surface area contributed by atoms with E-state index in [4.69, 9.17) is 16.6 Å². The molecule has 4 aromatic rings. The Labute approximate surface area is 228 Å². The summed E-state index contributed by atoms with van der Waals surface area (Å²) in [6.07, 6.45) is 13.4. The third-order valence-corrected chi connectivity index (χ3v) is 8.16. The van der Waals surface area contributed by atoms with Crippen molar-refractivity contribution in [3.63, 3.8) is 0 Å². The van der Waals surface area contributed by atoms with Gasteiger partial charge in [-0.1, -0.05) is 93.8 Å². The number of tetrazole rings is 1. The number of hydrogen-bond donors (Lipinski definition) is 1. The van der Waals surface area contributed by atoms with Gasteiger partial charge < -0.3 is 0 Å². The van der Waals surface area contributed by atoms with Gasteiger partial charge in [-0.15, -0.1) is 5.10 Å². The zero-order valence-corrected chi connectivity index (χ0v) is 22.8. The van der Waals surface area contributed by atoms with Crippen LogP contribution in [-0.2, 0) is 19.5 Å². The maximum absolute atomic E-state index is 13.6. The standard InChI is InChI=1S/C29H36ClN7O/c1-2-3-5-14-26-27(30)36(18-17-21-10-6-4-7-11-21)29(38)37(26)20-22-15-16-25(31-19-22)23-12-8-9-13-24(23)28-32-34-35-33-28/h8-9,12-13,15-16,19,21H,2-7,10-11,14,17-18,20H2,1H3,(H,32,33,34,35). The zero-order chi connectivity index (χ0) is 26.3. The van der Waals surface area contributed by atoms with Gasteiger partial charge in [0.15, 0.2) is 5.82 Å². The number of H-pyrrole nitrogens is 1. The molecule has 0 saturated heterocycles. The van der Waals surface area contributed by atoms with E-state index in [1.54, 1.807) is 4.57 Å². The van der Waals surface area contributed by atoms with Gasteiger partial charge in [-0.2, -0.15) is 0 Å². The summed E-state index contributed by atoms with van der Waals surface area (Å²) in [5.74, 6) is 1.30. The lowest BCUT2D eigenvalue weighted by Gasteiger charge is -2.21. The molecule has 38 heavy (non-hydrogen) atoms. The van der Waals surface area contributed by atoms with Gasteiger partial charge in [-0.05, 0) is 47.2 Å². The number of rotatable bonds is 11. The maximum atomic E-state index is 13.6. The molecule has 9 heteroatoms. The van der Waals surface area contributed by atoms with E-state index >= 15 is 0 Å². The molecule has 0 amide bonds. The second kappa shape index (κ2) is 12.5. The SMILES string of the molecule is CCCCCc1c(Cl)n(CCC2CCCCC2)c(=O)n1Cc1ccc(-c2ccccc2-c2nnn[nH]2)nc1. The first-order valence-corrected chi connectivity index (χ1v) is 14.3. The number of pyridine rings is 1. The molecular weight excluding hydrogens is 498 g/mol. The number of aromatic amines is 1. The Bertz CT molecular complexity index is 1370. The molecule has 0 spiro atoms. The van der Waals surface area contributed by atoms with Crippen molar-refractivity contribution < 1.29 is 0 Å². The summed E-state index contributed by atoms with van der Waals surface area (Å²) in [5, 5.41) is 14.9. The molecule has 1 aliphatic rings. The highest BCUT2D eigenvalue weighted by molar-refractivity contribution is 6.30. The predicted octanol–water partition coefficient (Wildman–Crippen LogP) is 6.30. The minimum Gasteiger partial charge on any atom is -0.290 e. The number of benzene rings is 1. The smallest absolute Gasteiger partial charge is 0.290 e. The van der Waals surface area contributed by atoms with E-state index in [9.17, 15) is 4.79 Å². The highest BCUT2D eigenvalue weighted by Gasteiger charge is 2.21. The quantitative estimate of drug-likeness (QED) is 0.228. The Balaban J connectivity index is 1.39. The normalized spacial score (nSPS) is 14.3. The van der Waals surface area contributed by atoms with Crippen molar-refractivity contribution in [3.05, 3.63) is 69.5 Å². The average Bonchev–Trinajstić information content (AvgIpc) is 3.57. The van der Waals surface area contributed by atoms with E-state index in [0.29, 0.717) is 30.0 Å². The van der Waals surface area contributed by atoms with Crippen molar-refractivity contribution in [1.29, 1.82) is 0 Å². The summed E-state index contributed by atoms with van der Waals surface area (Å²) in [5.41, 5.74) is 4.54. The molecule has 1 saturated carbocycles. The fourth-order valence-electron chi connectivity index (χ4n) is 5.58. The molecule has 1 aliphatic carbocycles. The van der Waals surface area contributed by atoms with Crippen LogP contribution in [0, 0.1) is 5.92 Å². The van der Waals surface area contributed by atoms with Gasteiger partial charge in [0.2, 0.25) is 0 Å². The molecule has 0 bridgehead atoms. The summed E-state index contributed by atoms with van der Waals surface area (Å²) in [4.78, 5) is 18.3. The van der Waals surface area contributed by atoms with Crippen LogP contribution in [0.25, 0.3) is 22.6 Å². The van der Waals surface area contributed by atoms with E-state index in [-0.39, 0.29) is 5.69 Å². The lowest BCUT2D eigenvalue weighted by atomic mass is 9.87. The minimum absolute atomic E-state index is 0.00968. The molecule has 0 atom stereocenters. The molecule has 0 radical (unpaired) electrons. The summed E-state index contributed by atoms with van der Waals surface area (Å²) in [6.45, 7) is 3.34. The molecule has 1 fully saturated rings. The van der Waals surface area contributed by atoms with Crippen molar-refractivity contribution in [2.45, 2.75) is 84.2 Å². The lowest BCUT2D eigenvalue weighted by molar-refractivity contribution is 0.322. The first kappa shape index (κ1) is 26.4. The van der Waals surface area contributed by atoms with Gasteiger partial charge in [0.25, 0.3) is 0 Å². The van der Waals surface area contributed by atoms with Crippen LogP contribution >= 0.6 is 11.6 Å². The number of unbranched alkanes of at least 4 members (excludes halogenated alkanes) is 2. The zero-order valence-electron chi connectivity index (χ0n) is 22.1. The number of nitrogens with zero attached hydrogens (tertiary/aromatic N) is 6. The van der Waals surface area contributed by atoms with Gasteiger partial charge >= 0.3 is 5.69 Å². The first-order chi connectivity index (χ1) is 18.7. The molecule has 3 aromatic heterocycles. The highest BCUT2D eigenvalue weighted by Crippen LogP contribution is 2.29. The summed E-state index contributed by atoms with van der Waals surface area (Å²) < 4.78 is 3.67. The topological polar surface area (TPSA) is 94.3 Å². The Morgan fingerprint density at radius 3 is 2.55 bits per heavy atom. The van der Waals surface area contributed by atoms with Crippen LogP contribution in [-0.4, -0.2) is 34.7 Å². The average molecular weight is 534 g/mol. The molecule has 8 nitrogen and oxygen atoms in total. The summed E-state index contributed by atoms with van der Waals surface area (Å²) in [7, 11) is 0. The maximum Gasteiger partial charge on any atom is 0.329 e. The number of imidazole rings is 1. The van der Waals surface area contributed by atoms with Gasteiger partial charge in [0, 0.05) is 23.9 Å². The van der Waals surface area contributed by atoms with E-state index in [1.165, 1.54) is 32.1 Å². The third-order valence-electron chi connectivity index (χ3n) is 7.73. The van der Waals surface area contributed by atoms with Crippen molar-refractivity contribution in [2.24, 2.45) is 5.92 Å². The molecule has 1 N–H and O–H groups in total. The molecule has 1 aromatic carbocycles. The van der Waals surface area contributed by atoms with Crippen LogP contribution in [0.2, 0.25) is 5.15 Å². The first-order valence-electron chi connectivity index (χ1n) is 13.9. The number of aromatic nitrogens is 7. The highest BCUT2D eigenvalue weighted by atomic mass is 35.5. The van der Waals surface area contributed by atoms with E-state index in [1.807, 2.05) is 47.2 Å². The summed E-state index contributed by atoms with van der Waals surface area (Å²) in [6, 6.07) is 11.9. The van der Waals surface area contributed by atoms with Crippen molar-refractivity contribution >= 4 is 11.6 Å². The van der Waals surface area contributed by atoms with Gasteiger partial charge in [-0.25, -0.2) is 9.89 Å². The lowest BCUT2D eigenvalue weighted by Crippen LogP contribution is -2.26. The monoisotopic (exact) mass is 533 g/mol. The van der Waals surface area contributed by atoms with Gasteiger partial charge in [-0.3, -0.25) is 14.1 Å². The second-order valence-electron chi connectivity index (χ2n) is 10.4. The predicted molar refractivity (Wildman–Crippen MR) is 150 cm³/mol. The van der Waals surface area contributed by atoms with Crippen LogP contribution in [0.1, 0.15) is 76.0 Å². The number of halogens is 1. The third kappa shape index (κ3) is 5.90. The largest absolute Gasteiger partial charge is 0.329 e. The van der Waals surface area contributed by atoms with Gasteiger partial charge in [0.1, 0.15) is 5.15 Å². The Kier molecular flexibility index (Phi) is 8.68. The van der Waals surface area contributed by atoms with Crippen molar-refractivity contribution in [2.75, 3.05) is 0 Å². The molecule has 200 valence electrons. The minimum atomic E-state index is -0.00968. The van der Waals surface area contributed by atoms with E-state index < -0.39 is 0 Å². The van der Waals surface area contributed by atoms with Crippen molar-refractivity contribution in [3.8, 4) is 22.6 Å². The summed E-state index contributed by atoms with van der Waals surface area (Å²) >= 11 is 6.88. The van der Waals surface area contributed by atoms with Crippen LogP contribution in [0.4, 0.5) is 0 Å². The molecule has 0 aliphatic heterocycles. The molecule has 3 heterocycles. The fraction of sp³-hybridized carbons (Fsp3) is 0.483.